The largest absolute Gasteiger partial charge is 0.421 e. The number of pyridine rings is 1. The predicted octanol–water partition coefficient (Wildman–Crippen LogP) is 2.85. The number of nitrogens with one attached hydrogen (secondary N) is 1. The minimum absolute atomic E-state index is 0.531. The fraction of sp³-hybridized carbons (Fsp3) is 0.350. The van der Waals surface area contributed by atoms with Gasteiger partial charge in [-0.15, -0.1) is 10.2 Å². The van der Waals surface area contributed by atoms with Gasteiger partial charge in [0.2, 0.25) is 11.8 Å². The van der Waals surface area contributed by atoms with Crippen LogP contribution < -0.4 is 5.32 Å². The van der Waals surface area contributed by atoms with Crippen molar-refractivity contribution in [1.29, 1.82) is 0 Å². The van der Waals surface area contributed by atoms with E-state index in [1.165, 1.54) is 0 Å². The maximum absolute atomic E-state index is 5.51. The van der Waals surface area contributed by atoms with Crippen LogP contribution in [0, 0.1) is 6.92 Å². The lowest BCUT2D eigenvalue weighted by atomic mass is 10.0. The highest BCUT2D eigenvalue weighted by atomic mass is 16.5. The normalized spacial score (nSPS) is 15.0. The molecule has 7 nitrogen and oxygen atoms in total. The molecular weight excluding hydrogens is 342 g/mol. The van der Waals surface area contributed by atoms with Crippen molar-refractivity contribution in [3.63, 3.8) is 0 Å². The van der Waals surface area contributed by atoms with Gasteiger partial charge in [0.1, 0.15) is 5.82 Å². The lowest BCUT2D eigenvalue weighted by molar-refractivity contribution is 0.0398. The first-order valence-corrected chi connectivity index (χ1v) is 9.19. The molecule has 0 atom stereocenters. The van der Waals surface area contributed by atoms with Crippen molar-refractivity contribution >= 4 is 5.82 Å². The zero-order chi connectivity index (χ0) is 18.5. The van der Waals surface area contributed by atoms with Gasteiger partial charge in [0.05, 0.1) is 13.2 Å². The third-order valence-corrected chi connectivity index (χ3v) is 4.57. The van der Waals surface area contributed by atoms with E-state index in [0.717, 1.165) is 61.9 Å². The highest BCUT2D eigenvalue weighted by Crippen LogP contribution is 2.25. The van der Waals surface area contributed by atoms with Crippen molar-refractivity contribution in [2.24, 2.45) is 0 Å². The first-order valence-electron chi connectivity index (χ1n) is 9.19. The number of nitrogens with zero attached hydrogens (tertiary/aromatic N) is 4. The number of benzene rings is 1. The smallest absolute Gasteiger partial charge is 0.247 e. The number of aryl methyl sites for hydroxylation is 1. The van der Waals surface area contributed by atoms with Gasteiger partial charge in [-0.3, -0.25) is 4.90 Å². The van der Waals surface area contributed by atoms with Crippen molar-refractivity contribution < 1.29 is 9.15 Å². The van der Waals surface area contributed by atoms with Gasteiger partial charge in [-0.25, -0.2) is 4.98 Å². The number of rotatable bonds is 6. The molecule has 0 unspecified atom stereocenters. The monoisotopic (exact) mass is 365 g/mol. The summed E-state index contributed by atoms with van der Waals surface area (Å²) in [6.45, 7) is 7.32. The molecule has 140 valence electrons. The number of aromatic nitrogens is 3. The van der Waals surface area contributed by atoms with Gasteiger partial charge >= 0.3 is 0 Å². The molecule has 0 bridgehead atoms. The van der Waals surface area contributed by atoms with Crippen LogP contribution in [0.2, 0.25) is 0 Å². The van der Waals surface area contributed by atoms with Crippen LogP contribution in [0.3, 0.4) is 0 Å². The molecule has 0 amide bonds. The van der Waals surface area contributed by atoms with Gasteiger partial charge in [0, 0.05) is 50.4 Å². The summed E-state index contributed by atoms with van der Waals surface area (Å²) in [5.41, 5.74) is 3.02. The molecular formula is C20H23N5O2. The molecule has 4 rings (SSSR count). The Morgan fingerprint density at radius 2 is 1.89 bits per heavy atom. The van der Waals surface area contributed by atoms with E-state index in [1.807, 2.05) is 30.5 Å². The fourth-order valence-corrected chi connectivity index (χ4v) is 3.08. The van der Waals surface area contributed by atoms with Crippen LogP contribution in [-0.2, 0) is 4.74 Å². The third-order valence-electron chi connectivity index (χ3n) is 4.57. The predicted molar refractivity (Wildman–Crippen MR) is 103 cm³/mol. The molecule has 7 heteroatoms. The van der Waals surface area contributed by atoms with Gasteiger partial charge in [-0.1, -0.05) is 12.1 Å². The van der Waals surface area contributed by atoms with Gasteiger partial charge in [-0.2, -0.15) is 0 Å². The van der Waals surface area contributed by atoms with Crippen LogP contribution in [0.1, 0.15) is 5.89 Å². The van der Waals surface area contributed by atoms with Crippen LogP contribution >= 0.6 is 0 Å². The summed E-state index contributed by atoms with van der Waals surface area (Å²) in [7, 11) is 0. The van der Waals surface area contributed by atoms with E-state index in [1.54, 1.807) is 6.92 Å². The zero-order valence-electron chi connectivity index (χ0n) is 15.4. The zero-order valence-corrected chi connectivity index (χ0v) is 15.4. The number of hydrogen-bond donors (Lipinski definition) is 1. The molecule has 27 heavy (non-hydrogen) atoms. The second-order valence-corrected chi connectivity index (χ2v) is 6.52. The molecule has 0 radical (unpaired) electrons. The topological polar surface area (TPSA) is 76.3 Å². The van der Waals surface area contributed by atoms with Gasteiger partial charge in [0.15, 0.2) is 0 Å². The van der Waals surface area contributed by atoms with Crippen molar-refractivity contribution in [2.75, 3.05) is 44.7 Å². The van der Waals surface area contributed by atoms with Crippen LogP contribution in [0.15, 0.2) is 47.0 Å². The highest BCUT2D eigenvalue weighted by Gasteiger charge is 2.10. The number of morpholine rings is 1. The Bertz CT molecular complexity index is 872. The van der Waals surface area contributed by atoms with Crippen molar-refractivity contribution in [1.82, 2.24) is 20.1 Å². The van der Waals surface area contributed by atoms with Gasteiger partial charge in [0.25, 0.3) is 0 Å². The first kappa shape index (κ1) is 17.6. The van der Waals surface area contributed by atoms with Crippen LogP contribution in [-0.4, -0.2) is 59.5 Å². The van der Waals surface area contributed by atoms with E-state index in [4.69, 9.17) is 9.15 Å². The Kier molecular flexibility index (Phi) is 5.41. The maximum atomic E-state index is 5.51. The van der Waals surface area contributed by atoms with Crippen molar-refractivity contribution in [2.45, 2.75) is 6.92 Å². The van der Waals surface area contributed by atoms with E-state index < -0.39 is 0 Å². The van der Waals surface area contributed by atoms with E-state index in [9.17, 15) is 0 Å². The Morgan fingerprint density at radius 3 is 2.63 bits per heavy atom. The molecule has 0 aliphatic carbocycles. The lowest BCUT2D eigenvalue weighted by Crippen LogP contribution is -2.39. The minimum Gasteiger partial charge on any atom is -0.421 e. The lowest BCUT2D eigenvalue weighted by Gasteiger charge is -2.26. The fourth-order valence-electron chi connectivity index (χ4n) is 3.08. The summed E-state index contributed by atoms with van der Waals surface area (Å²) in [6, 6.07) is 12.1. The second-order valence-electron chi connectivity index (χ2n) is 6.52. The molecule has 3 heterocycles. The first-order chi connectivity index (χ1) is 13.3. The number of anilines is 1. The van der Waals surface area contributed by atoms with Gasteiger partial charge < -0.3 is 14.5 Å². The summed E-state index contributed by atoms with van der Waals surface area (Å²) in [5, 5.41) is 11.4. The molecule has 1 aliphatic heterocycles. The average molecular weight is 365 g/mol. The maximum Gasteiger partial charge on any atom is 0.247 e. The summed E-state index contributed by atoms with van der Waals surface area (Å²) in [5.74, 6) is 1.98. The molecule has 0 spiro atoms. The molecule has 2 aromatic heterocycles. The van der Waals surface area contributed by atoms with E-state index in [-0.39, 0.29) is 0 Å². The Labute approximate surface area is 158 Å². The van der Waals surface area contributed by atoms with Gasteiger partial charge in [-0.05, 0) is 29.8 Å². The summed E-state index contributed by atoms with van der Waals surface area (Å²) in [6.07, 6.45) is 1.88. The van der Waals surface area contributed by atoms with E-state index in [0.29, 0.717) is 11.8 Å². The van der Waals surface area contributed by atoms with Crippen LogP contribution in [0.5, 0.6) is 0 Å². The third kappa shape index (κ3) is 4.50. The molecule has 1 fully saturated rings. The Morgan fingerprint density at radius 1 is 1.04 bits per heavy atom. The molecule has 1 aliphatic rings. The molecule has 1 N–H and O–H groups in total. The standard InChI is InChI=1S/C20H23N5O2/c1-15-23-24-20(27-15)17-4-2-3-16(13-17)18-5-6-19(22-14-18)21-7-8-25-9-11-26-12-10-25/h2-6,13-14H,7-12H2,1H3,(H,21,22). The van der Waals surface area contributed by atoms with Crippen molar-refractivity contribution in [3.05, 3.63) is 48.5 Å². The molecule has 1 aromatic carbocycles. The summed E-state index contributed by atoms with van der Waals surface area (Å²) in [4.78, 5) is 6.94. The number of hydrogen-bond acceptors (Lipinski definition) is 7. The summed E-state index contributed by atoms with van der Waals surface area (Å²) < 4.78 is 10.9. The summed E-state index contributed by atoms with van der Waals surface area (Å²) >= 11 is 0. The minimum atomic E-state index is 0.531. The number of ether oxygens (including phenoxy) is 1. The molecule has 1 saturated heterocycles. The molecule has 0 saturated carbocycles. The SMILES string of the molecule is Cc1nnc(-c2cccc(-c3ccc(NCCN4CCOCC4)nc3)c2)o1. The average Bonchev–Trinajstić information content (AvgIpc) is 3.16. The molecule has 3 aromatic rings. The Balaban J connectivity index is 1.38. The van der Waals surface area contributed by atoms with E-state index in [2.05, 4.69) is 37.5 Å². The Hall–Kier alpha value is -2.77. The van der Waals surface area contributed by atoms with Crippen LogP contribution in [0.4, 0.5) is 5.82 Å². The highest BCUT2D eigenvalue weighted by molar-refractivity contribution is 5.69. The van der Waals surface area contributed by atoms with Crippen LogP contribution in [0.25, 0.3) is 22.6 Å². The van der Waals surface area contributed by atoms with E-state index >= 15 is 0 Å². The quantitative estimate of drug-likeness (QED) is 0.720. The van der Waals surface area contributed by atoms with Crippen molar-refractivity contribution in [3.8, 4) is 22.6 Å². The second kappa shape index (κ2) is 8.28.